The molecule has 1 heteroatoms. The second-order valence-corrected chi connectivity index (χ2v) is 4.80. The van der Waals surface area contributed by atoms with E-state index in [-0.39, 0.29) is 0 Å². The van der Waals surface area contributed by atoms with Crippen LogP contribution >= 0.6 is 0 Å². The average Bonchev–Trinajstić information content (AvgIpc) is 2.14. The van der Waals surface area contributed by atoms with E-state index in [2.05, 4.69) is 53.5 Å². The predicted octanol–water partition coefficient (Wildman–Crippen LogP) is 3.54. The fourth-order valence-corrected chi connectivity index (χ4v) is 1.69. The summed E-state index contributed by atoms with van der Waals surface area (Å²) in [4.78, 5) is 2.54. The second kappa shape index (κ2) is 4.99. The molecule has 0 heterocycles. The highest BCUT2D eigenvalue weighted by Gasteiger charge is 2.29. The Labute approximate surface area is 84.5 Å². The van der Waals surface area contributed by atoms with Crippen LogP contribution in [-0.2, 0) is 0 Å². The SMILES string of the molecule is CCC(C)(CC)N(C)C(C)C(C)C. The molecule has 0 aliphatic heterocycles. The molecule has 0 amide bonds. The van der Waals surface area contributed by atoms with Crippen LogP contribution in [-0.4, -0.2) is 23.5 Å². The van der Waals surface area contributed by atoms with Crippen LogP contribution in [0.25, 0.3) is 0 Å². The first kappa shape index (κ1) is 13.0. The van der Waals surface area contributed by atoms with Crippen molar-refractivity contribution < 1.29 is 0 Å². The normalized spacial score (nSPS) is 15.5. The fraction of sp³-hybridized carbons (Fsp3) is 1.00. The molecule has 0 aliphatic carbocycles. The van der Waals surface area contributed by atoms with Gasteiger partial charge in [0.15, 0.2) is 0 Å². The second-order valence-electron chi connectivity index (χ2n) is 4.80. The van der Waals surface area contributed by atoms with Gasteiger partial charge in [0.1, 0.15) is 0 Å². The Balaban J connectivity index is 4.45. The lowest BCUT2D eigenvalue weighted by Gasteiger charge is -2.43. The predicted molar refractivity (Wildman–Crippen MR) is 61.1 cm³/mol. The van der Waals surface area contributed by atoms with E-state index in [0.29, 0.717) is 11.6 Å². The Bertz CT molecular complexity index is 136. The van der Waals surface area contributed by atoms with Crippen molar-refractivity contribution >= 4 is 0 Å². The van der Waals surface area contributed by atoms with Crippen molar-refractivity contribution in [2.24, 2.45) is 5.92 Å². The van der Waals surface area contributed by atoms with Gasteiger partial charge in [-0.25, -0.2) is 0 Å². The first-order chi connectivity index (χ1) is 5.89. The van der Waals surface area contributed by atoms with Crippen molar-refractivity contribution in [3.63, 3.8) is 0 Å². The molecule has 0 aromatic rings. The standard InChI is InChI=1S/C12H27N/c1-8-12(6,9-2)13(7)11(5)10(3)4/h10-11H,8-9H2,1-7H3. The van der Waals surface area contributed by atoms with Gasteiger partial charge >= 0.3 is 0 Å². The molecule has 0 bridgehead atoms. The molecule has 0 radical (unpaired) electrons. The van der Waals surface area contributed by atoms with Crippen LogP contribution in [0.5, 0.6) is 0 Å². The average molecular weight is 185 g/mol. The molecule has 0 fully saturated rings. The maximum atomic E-state index is 2.54. The molecular formula is C12H27N. The van der Waals surface area contributed by atoms with E-state index in [1.165, 1.54) is 12.8 Å². The summed E-state index contributed by atoms with van der Waals surface area (Å²) in [5.74, 6) is 0.738. The number of hydrogen-bond acceptors (Lipinski definition) is 1. The molecule has 80 valence electrons. The van der Waals surface area contributed by atoms with Gasteiger partial charge in [0.05, 0.1) is 0 Å². The Kier molecular flexibility index (Phi) is 4.98. The van der Waals surface area contributed by atoms with E-state index in [1.807, 2.05) is 0 Å². The van der Waals surface area contributed by atoms with Gasteiger partial charge in [-0.15, -0.1) is 0 Å². The molecule has 0 saturated carbocycles. The molecule has 0 spiro atoms. The minimum Gasteiger partial charge on any atom is -0.298 e. The van der Waals surface area contributed by atoms with Crippen molar-refractivity contribution in [3.05, 3.63) is 0 Å². The summed E-state index contributed by atoms with van der Waals surface area (Å²) in [6.45, 7) is 13.9. The minimum atomic E-state index is 0.379. The van der Waals surface area contributed by atoms with Crippen LogP contribution in [0.3, 0.4) is 0 Å². The lowest BCUT2D eigenvalue weighted by molar-refractivity contribution is 0.0639. The minimum absolute atomic E-state index is 0.379. The largest absolute Gasteiger partial charge is 0.298 e. The summed E-state index contributed by atoms with van der Waals surface area (Å²) < 4.78 is 0. The summed E-state index contributed by atoms with van der Waals surface area (Å²) in [6.07, 6.45) is 2.47. The van der Waals surface area contributed by atoms with Crippen LogP contribution in [0.2, 0.25) is 0 Å². The summed E-state index contributed by atoms with van der Waals surface area (Å²) >= 11 is 0. The van der Waals surface area contributed by atoms with Gasteiger partial charge in [-0.3, -0.25) is 4.90 Å². The number of nitrogens with zero attached hydrogens (tertiary/aromatic N) is 1. The molecule has 0 N–H and O–H groups in total. The highest BCUT2D eigenvalue weighted by Crippen LogP contribution is 2.26. The van der Waals surface area contributed by atoms with Gasteiger partial charge in [0, 0.05) is 11.6 Å². The zero-order valence-corrected chi connectivity index (χ0v) is 10.5. The molecule has 0 aliphatic rings. The van der Waals surface area contributed by atoms with E-state index in [9.17, 15) is 0 Å². The van der Waals surface area contributed by atoms with Crippen LogP contribution in [0.1, 0.15) is 54.4 Å². The van der Waals surface area contributed by atoms with E-state index in [4.69, 9.17) is 0 Å². The summed E-state index contributed by atoms with van der Waals surface area (Å²) in [5.41, 5.74) is 0.379. The quantitative estimate of drug-likeness (QED) is 0.633. The first-order valence-corrected chi connectivity index (χ1v) is 5.62. The van der Waals surface area contributed by atoms with E-state index < -0.39 is 0 Å². The van der Waals surface area contributed by atoms with Gasteiger partial charge < -0.3 is 0 Å². The molecular weight excluding hydrogens is 158 g/mol. The lowest BCUT2D eigenvalue weighted by atomic mass is 9.90. The highest BCUT2D eigenvalue weighted by molar-refractivity contribution is 4.85. The first-order valence-electron chi connectivity index (χ1n) is 5.62. The maximum absolute atomic E-state index is 2.54. The van der Waals surface area contributed by atoms with Crippen molar-refractivity contribution in [1.29, 1.82) is 0 Å². The van der Waals surface area contributed by atoms with Crippen molar-refractivity contribution in [2.75, 3.05) is 7.05 Å². The third-order valence-corrected chi connectivity index (χ3v) is 3.95. The van der Waals surface area contributed by atoms with Crippen molar-refractivity contribution in [1.82, 2.24) is 4.90 Å². The molecule has 1 atom stereocenters. The zero-order chi connectivity index (χ0) is 10.6. The monoisotopic (exact) mass is 185 g/mol. The van der Waals surface area contributed by atoms with Crippen LogP contribution in [0.15, 0.2) is 0 Å². The Morgan fingerprint density at radius 3 is 1.69 bits per heavy atom. The van der Waals surface area contributed by atoms with Gasteiger partial charge in [-0.05, 0) is 39.7 Å². The highest BCUT2D eigenvalue weighted by atomic mass is 15.2. The van der Waals surface area contributed by atoms with Gasteiger partial charge in [0.2, 0.25) is 0 Å². The van der Waals surface area contributed by atoms with E-state index in [0.717, 1.165) is 5.92 Å². The molecule has 0 saturated heterocycles. The van der Waals surface area contributed by atoms with Crippen LogP contribution < -0.4 is 0 Å². The molecule has 0 aromatic carbocycles. The van der Waals surface area contributed by atoms with Gasteiger partial charge in [-0.1, -0.05) is 27.7 Å². The topological polar surface area (TPSA) is 3.24 Å². The number of rotatable bonds is 5. The molecule has 1 nitrogen and oxygen atoms in total. The summed E-state index contributed by atoms with van der Waals surface area (Å²) in [5, 5.41) is 0. The summed E-state index contributed by atoms with van der Waals surface area (Å²) in [7, 11) is 2.26. The van der Waals surface area contributed by atoms with Crippen LogP contribution in [0, 0.1) is 5.92 Å². The van der Waals surface area contributed by atoms with Gasteiger partial charge in [0.25, 0.3) is 0 Å². The van der Waals surface area contributed by atoms with Crippen molar-refractivity contribution in [3.8, 4) is 0 Å². The zero-order valence-electron chi connectivity index (χ0n) is 10.5. The van der Waals surface area contributed by atoms with E-state index >= 15 is 0 Å². The molecule has 1 unspecified atom stereocenters. The number of hydrogen-bond donors (Lipinski definition) is 0. The molecule has 0 rings (SSSR count). The third kappa shape index (κ3) is 2.98. The maximum Gasteiger partial charge on any atom is 0.0176 e. The summed E-state index contributed by atoms with van der Waals surface area (Å²) in [6, 6.07) is 0.671. The molecule has 0 aromatic heterocycles. The third-order valence-electron chi connectivity index (χ3n) is 3.95. The van der Waals surface area contributed by atoms with E-state index in [1.54, 1.807) is 0 Å². The smallest absolute Gasteiger partial charge is 0.0176 e. The molecule has 13 heavy (non-hydrogen) atoms. The lowest BCUT2D eigenvalue weighted by Crippen LogP contribution is -2.49. The Morgan fingerprint density at radius 1 is 1.08 bits per heavy atom. The van der Waals surface area contributed by atoms with Crippen molar-refractivity contribution in [2.45, 2.75) is 66.0 Å². The fourth-order valence-electron chi connectivity index (χ4n) is 1.69. The Morgan fingerprint density at radius 2 is 1.46 bits per heavy atom. The van der Waals surface area contributed by atoms with Crippen LogP contribution in [0.4, 0.5) is 0 Å². The Hall–Kier alpha value is -0.0400. The van der Waals surface area contributed by atoms with Gasteiger partial charge in [-0.2, -0.15) is 0 Å².